The number of aromatic nitrogens is 1. The maximum atomic E-state index is 13.4. The topological polar surface area (TPSA) is 36.1 Å². The summed E-state index contributed by atoms with van der Waals surface area (Å²) >= 11 is 0. The van der Waals surface area contributed by atoms with Crippen LogP contribution in [0.5, 0.6) is 0 Å². The van der Waals surface area contributed by atoms with Crippen LogP contribution in [-0.2, 0) is 11.2 Å². The van der Waals surface area contributed by atoms with Gasteiger partial charge in [-0.15, -0.1) is 0 Å². The Balaban J connectivity index is 1.59. The van der Waals surface area contributed by atoms with Crippen molar-refractivity contribution in [2.75, 3.05) is 4.90 Å². The van der Waals surface area contributed by atoms with E-state index in [2.05, 4.69) is 36.2 Å². The van der Waals surface area contributed by atoms with Gasteiger partial charge in [-0.25, -0.2) is 0 Å². The summed E-state index contributed by atoms with van der Waals surface area (Å²) in [7, 11) is 0. The zero-order chi connectivity index (χ0) is 19.8. The highest BCUT2D eigenvalue weighted by atomic mass is 16.2. The van der Waals surface area contributed by atoms with Crippen LogP contribution in [0.15, 0.2) is 84.9 Å². The number of H-pyrrole nitrogens is 1. The molecule has 0 aliphatic carbocycles. The predicted octanol–water partition coefficient (Wildman–Crippen LogP) is 5.82. The highest BCUT2D eigenvalue weighted by Gasteiger charge is 2.35. The molecule has 0 spiro atoms. The Labute approximate surface area is 170 Å². The smallest absolute Gasteiger partial charge is 0.251 e. The molecule has 2 heterocycles. The van der Waals surface area contributed by atoms with Gasteiger partial charge in [-0.1, -0.05) is 66.7 Å². The Morgan fingerprint density at radius 3 is 2.55 bits per heavy atom. The fraction of sp³-hybridized carbons (Fsp3) is 0.115. The van der Waals surface area contributed by atoms with Crippen LogP contribution in [0.2, 0.25) is 0 Å². The number of amides is 1. The molecular weight excluding hydrogens is 356 g/mol. The number of para-hydroxylation sites is 2. The largest absolute Gasteiger partial charge is 0.358 e. The van der Waals surface area contributed by atoms with E-state index < -0.39 is 0 Å². The van der Waals surface area contributed by atoms with Crippen LogP contribution in [0, 0.1) is 6.92 Å². The molecule has 142 valence electrons. The number of hydrogen-bond donors (Lipinski definition) is 1. The minimum Gasteiger partial charge on any atom is -0.358 e. The second-order valence-corrected chi connectivity index (χ2v) is 7.51. The van der Waals surface area contributed by atoms with Crippen LogP contribution >= 0.6 is 0 Å². The van der Waals surface area contributed by atoms with Crippen molar-refractivity contribution in [3.63, 3.8) is 0 Å². The van der Waals surface area contributed by atoms with Gasteiger partial charge >= 0.3 is 0 Å². The predicted molar refractivity (Wildman–Crippen MR) is 119 cm³/mol. The van der Waals surface area contributed by atoms with Crippen LogP contribution < -0.4 is 4.90 Å². The number of rotatable bonds is 3. The first-order chi connectivity index (χ1) is 14.2. The van der Waals surface area contributed by atoms with Crippen LogP contribution in [0.3, 0.4) is 0 Å². The van der Waals surface area contributed by atoms with Crippen LogP contribution in [-0.4, -0.2) is 10.9 Å². The monoisotopic (exact) mass is 378 g/mol. The van der Waals surface area contributed by atoms with E-state index in [1.807, 2.05) is 65.6 Å². The summed E-state index contributed by atoms with van der Waals surface area (Å²) in [5.74, 6) is 0.00786. The number of aryl methyl sites for hydroxylation is 1. The lowest BCUT2D eigenvalue weighted by Gasteiger charge is -2.25. The molecule has 1 aromatic heterocycles. The van der Waals surface area contributed by atoms with Gasteiger partial charge in [0.1, 0.15) is 0 Å². The Bertz CT molecular complexity index is 1220. The third-order valence-electron chi connectivity index (χ3n) is 5.71. The summed E-state index contributed by atoms with van der Waals surface area (Å²) in [5.41, 5.74) is 6.68. The van der Waals surface area contributed by atoms with Crippen molar-refractivity contribution in [3.8, 4) is 0 Å². The van der Waals surface area contributed by atoms with E-state index in [1.54, 1.807) is 6.08 Å². The summed E-state index contributed by atoms with van der Waals surface area (Å²) in [6, 6.07) is 26.5. The van der Waals surface area contributed by atoms with E-state index in [4.69, 9.17) is 0 Å². The van der Waals surface area contributed by atoms with E-state index >= 15 is 0 Å². The van der Waals surface area contributed by atoms with E-state index in [0.29, 0.717) is 0 Å². The zero-order valence-electron chi connectivity index (χ0n) is 16.3. The number of nitrogens with zero attached hydrogens (tertiary/aromatic N) is 1. The minimum atomic E-state index is -0.0172. The molecule has 4 aromatic rings. The lowest BCUT2D eigenvalue weighted by Crippen LogP contribution is -2.31. The molecule has 29 heavy (non-hydrogen) atoms. The van der Waals surface area contributed by atoms with Crippen LogP contribution in [0.4, 0.5) is 5.69 Å². The van der Waals surface area contributed by atoms with Gasteiger partial charge in [0.2, 0.25) is 0 Å². The number of hydrogen-bond acceptors (Lipinski definition) is 1. The standard InChI is InChI=1S/C26H22N2O/c1-18-26(21-12-6-7-13-22(21)27-18)24-17-20-11-5-8-14-23(20)28(24)25(29)16-15-19-9-3-2-4-10-19/h2-16,24,27H,17H2,1H3/b16-15+. The Morgan fingerprint density at radius 1 is 0.966 bits per heavy atom. The fourth-order valence-electron chi connectivity index (χ4n) is 4.43. The molecule has 0 saturated heterocycles. The van der Waals surface area contributed by atoms with Crippen LogP contribution in [0.1, 0.15) is 28.4 Å². The average molecular weight is 378 g/mol. The quantitative estimate of drug-likeness (QED) is 0.448. The Morgan fingerprint density at radius 2 is 1.69 bits per heavy atom. The first-order valence-electron chi connectivity index (χ1n) is 9.94. The Hall–Kier alpha value is -3.59. The van der Waals surface area contributed by atoms with Gasteiger partial charge in [-0.2, -0.15) is 0 Å². The molecule has 0 bridgehead atoms. The van der Waals surface area contributed by atoms with Gasteiger partial charge in [0, 0.05) is 33.9 Å². The molecule has 3 nitrogen and oxygen atoms in total. The van der Waals surface area contributed by atoms with E-state index in [-0.39, 0.29) is 11.9 Å². The van der Waals surface area contributed by atoms with Crippen molar-refractivity contribution in [1.82, 2.24) is 4.98 Å². The SMILES string of the molecule is Cc1[nH]c2ccccc2c1C1Cc2ccccc2N1C(=O)/C=C/c1ccccc1. The molecule has 1 aliphatic rings. The summed E-state index contributed by atoms with van der Waals surface area (Å²) < 4.78 is 0. The second-order valence-electron chi connectivity index (χ2n) is 7.51. The highest BCUT2D eigenvalue weighted by Crippen LogP contribution is 2.43. The number of carbonyl (C=O) groups excluding carboxylic acids is 1. The number of carbonyl (C=O) groups is 1. The molecule has 0 saturated carbocycles. The zero-order valence-corrected chi connectivity index (χ0v) is 16.3. The van der Waals surface area contributed by atoms with Crippen molar-refractivity contribution < 1.29 is 4.79 Å². The molecule has 1 atom stereocenters. The third-order valence-corrected chi connectivity index (χ3v) is 5.71. The minimum absolute atomic E-state index is 0.00786. The summed E-state index contributed by atoms with van der Waals surface area (Å²) in [6.07, 6.45) is 4.40. The number of nitrogens with one attached hydrogen (secondary N) is 1. The van der Waals surface area contributed by atoms with Gasteiger partial charge in [-0.3, -0.25) is 4.79 Å². The van der Waals surface area contributed by atoms with Gasteiger partial charge < -0.3 is 9.88 Å². The summed E-state index contributed by atoms with van der Waals surface area (Å²) in [4.78, 5) is 18.8. The molecule has 1 unspecified atom stereocenters. The Kier molecular flexibility index (Phi) is 4.28. The van der Waals surface area contributed by atoms with E-state index in [1.165, 1.54) is 16.5 Å². The van der Waals surface area contributed by atoms with Gasteiger partial charge in [0.05, 0.1) is 6.04 Å². The summed E-state index contributed by atoms with van der Waals surface area (Å²) in [6.45, 7) is 2.10. The van der Waals surface area contributed by atoms with E-state index in [9.17, 15) is 4.79 Å². The maximum Gasteiger partial charge on any atom is 0.251 e. The molecule has 1 aliphatic heterocycles. The molecule has 3 aromatic carbocycles. The van der Waals surface area contributed by atoms with Crippen molar-refractivity contribution in [3.05, 3.63) is 107 Å². The first kappa shape index (κ1) is 17.5. The molecule has 3 heteroatoms. The lowest BCUT2D eigenvalue weighted by atomic mass is 9.99. The van der Waals surface area contributed by atoms with E-state index in [0.717, 1.165) is 28.9 Å². The van der Waals surface area contributed by atoms with Gasteiger partial charge in [-0.05, 0) is 42.7 Å². The number of benzene rings is 3. The van der Waals surface area contributed by atoms with Gasteiger partial charge in [0.25, 0.3) is 5.91 Å². The molecule has 0 fully saturated rings. The lowest BCUT2D eigenvalue weighted by molar-refractivity contribution is -0.114. The molecule has 0 radical (unpaired) electrons. The normalized spacial score (nSPS) is 15.9. The molecule has 1 N–H and O–H groups in total. The van der Waals surface area contributed by atoms with Crippen molar-refractivity contribution >= 4 is 28.6 Å². The first-order valence-corrected chi connectivity index (χ1v) is 9.94. The maximum absolute atomic E-state index is 13.4. The van der Waals surface area contributed by atoms with Crippen molar-refractivity contribution in [2.45, 2.75) is 19.4 Å². The molecular formula is C26H22N2O. The van der Waals surface area contributed by atoms with Gasteiger partial charge in [0.15, 0.2) is 0 Å². The fourth-order valence-corrected chi connectivity index (χ4v) is 4.43. The number of anilines is 1. The van der Waals surface area contributed by atoms with Crippen LogP contribution in [0.25, 0.3) is 17.0 Å². The molecule has 1 amide bonds. The molecule has 5 rings (SSSR count). The van der Waals surface area contributed by atoms with Crippen molar-refractivity contribution in [2.24, 2.45) is 0 Å². The highest BCUT2D eigenvalue weighted by molar-refractivity contribution is 6.06. The number of fused-ring (bicyclic) bond motifs is 2. The number of aromatic amines is 1. The average Bonchev–Trinajstić information content (AvgIpc) is 3.29. The van der Waals surface area contributed by atoms with Crippen molar-refractivity contribution in [1.29, 1.82) is 0 Å². The summed E-state index contributed by atoms with van der Waals surface area (Å²) in [5, 5.41) is 1.19. The third kappa shape index (κ3) is 3.05. The second kappa shape index (κ2) is 7.10.